The Morgan fingerprint density at radius 1 is 0.783 bits per heavy atom. The summed E-state index contributed by atoms with van der Waals surface area (Å²) in [6.45, 7) is 4.69. The third-order valence-electron chi connectivity index (χ3n) is 5.68. The van der Waals surface area contributed by atoms with Gasteiger partial charge in [0.2, 0.25) is 0 Å². The average Bonchev–Trinajstić information content (AvgIpc) is 2.89. The maximum Gasteiger partial charge on any atom is 0.0682 e. The van der Waals surface area contributed by atoms with Crippen LogP contribution in [0, 0.1) is 0 Å². The summed E-state index contributed by atoms with van der Waals surface area (Å²) in [7, 11) is 0. The van der Waals surface area contributed by atoms with Crippen LogP contribution in [0.25, 0.3) is 21.9 Å². The molecule has 116 valence electrons. The molecule has 0 spiro atoms. The first-order valence-corrected chi connectivity index (χ1v) is 8.51. The van der Waals surface area contributed by atoms with Crippen molar-refractivity contribution in [3.05, 3.63) is 71.3 Å². The number of aliphatic hydroxyl groups is 1. The molecule has 3 aromatic rings. The first kappa shape index (κ1) is 14.5. The van der Waals surface area contributed by atoms with E-state index in [2.05, 4.69) is 62.4 Å². The van der Waals surface area contributed by atoms with Gasteiger partial charge in [0.15, 0.2) is 0 Å². The zero-order valence-corrected chi connectivity index (χ0v) is 13.8. The molecular weight excluding hydrogens is 280 g/mol. The van der Waals surface area contributed by atoms with Crippen molar-refractivity contribution in [1.82, 2.24) is 0 Å². The van der Waals surface area contributed by atoms with E-state index in [0.29, 0.717) is 0 Å². The van der Waals surface area contributed by atoms with Gasteiger partial charge in [-0.3, -0.25) is 0 Å². The van der Waals surface area contributed by atoms with E-state index < -0.39 is 0 Å². The van der Waals surface area contributed by atoms with Gasteiger partial charge in [0.1, 0.15) is 0 Å². The minimum atomic E-state index is 0.0972. The second kappa shape index (κ2) is 5.21. The highest BCUT2D eigenvalue weighted by Gasteiger charge is 2.40. The first-order valence-electron chi connectivity index (χ1n) is 8.51. The summed E-state index contributed by atoms with van der Waals surface area (Å²) in [6, 6.07) is 19.8. The van der Waals surface area contributed by atoms with E-state index in [4.69, 9.17) is 0 Å². The van der Waals surface area contributed by atoms with Crippen molar-refractivity contribution in [2.24, 2.45) is 0 Å². The van der Waals surface area contributed by atoms with E-state index in [1.807, 2.05) is 6.07 Å². The molecule has 0 aliphatic heterocycles. The van der Waals surface area contributed by atoms with Gasteiger partial charge in [0.05, 0.1) is 6.61 Å². The SMILES string of the molecule is CCC1(CC)c2ccccc2-c2cc3ccc(CO)cc3cc21. The average molecular weight is 302 g/mol. The summed E-state index contributed by atoms with van der Waals surface area (Å²) in [6.07, 6.45) is 2.22. The summed E-state index contributed by atoms with van der Waals surface area (Å²) in [5.41, 5.74) is 6.79. The molecule has 4 rings (SSSR count). The molecule has 0 unspecified atom stereocenters. The van der Waals surface area contributed by atoms with Crippen LogP contribution in [0.4, 0.5) is 0 Å². The van der Waals surface area contributed by atoms with Crippen molar-refractivity contribution in [2.45, 2.75) is 38.7 Å². The third-order valence-corrected chi connectivity index (χ3v) is 5.68. The standard InChI is InChI=1S/C22H22O/c1-3-22(4-2)20-8-6-5-7-18(20)19-12-16-10-9-15(14-23)11-17(16)13-21(19)22/h5-13,23H,3-4,14H2,1-2H3. The molecule has 1 aliphatic rings. The van der Waals surface area contributed by atoms with Crippen molar-refractivity contribution in [2.75, 3.05) is 0 Å². The van der Waals surface area contributed by atoms with Gasteiger partial charge >= 0.3 is 0 Å². The number of fused-ring (bicyclic) bond motifs is 4. The van der Waals surface area contributed by atoms with E-state index in [1.165, 1.54) is 33.0 Å². The topological polar surface area (TPSA) is 20.2 Å². The summed E-state index contributed by atoms with van der Waals surface area (Å²) in [5.74, 6) is 0. The highest BCUT2D eigenvalue weighted by Crippen LogP contribution is 2.53. The minimum Gasteiger partial charge on any atom is -0.392 e. The number of hydrogen-bond donors (Lipinski definition) is 1. The van der Waals surface area contributed by atoms with Crippen LogP contribution >= 0.6 is 0 Å². The Kier molecular flexibility index (Phi) is 3.28. The van der Waals surface area contributed by atoms with Crippen molar-refractivity contribution in [1.29, 1.82) is 0 Å². The lowest BCUT2D eigenvalue weighted by molar-refractivity contribution is 0.282. The van der Waals surface area contributed by atoms with Gasteiger partial charge in [-0.15, -0.1) is 0 Å². The highest BCUT2D eigenvalue weighted by atomic mass is 16.3. The van der Waals surface area contributed by atoms with Gasteiger partial charge in [-0.25, -0.2) is 0 Å². The lowest BCUT2D eigenvalue weighted by Gasteiger charge is -2.29. The largest absolute Gasteiger partial charge is 0.392 e. The Hall–Kier alpha value is -2.12. The second-order valence-electron chi connectivity index (χ2n) is 6.57. The van der Waals surface area contributed by atoms with Crippen molar-refractivity contribution in [3.63, 3.8) is 0 Å². The fourth-order valence-corrected chi connectivity index (χ4v) is 4.36. The normalized spacial score (nSPS) is 14.7. The van der Waals surface area contributed by atoms with E-state index in [-0.39, 0.29) is 12.0 Å². The Bertz CT molecular complexity index is 888. The zero-order chi connectivity index (χ0) is 16.0. The Morgan fingerprint density at radius 3 is 2.30 bits per heavy atom. The maximum atomic E-state index is 9.43. The minimum absolute atomic E-state index is 0.0972. The fraction of sp³-hybridized carbons (Fsp3) is 0.273. The molecule has 0 bridgehead atoms. The van der Waals surface area contributed by atoms with Crippen LogP contribution in [-0.2, 0) is 12.0 Å². The Balaban J connectivity index is 2.07. The molecule has 1 nitrogen and oxygen atoms in total. The molecule has 0 amide bonds. The molecule has 0 saturated heterocycles. The van der Waals surface area contributed by atoms with Gasteiger partial charge in [0.25, 0.3) is 0 Å². The fourth-order valence-electron chi connectivity index (χ4n) is 4.36. The van der Waals surface area contributed by atoms with Crippen LogP contribution in [0.1, 0.15) is 43.4 Å². The third kappa shape index (κ3) is 1.90. The predicted octanol–water partition coefficient (Wildman–Crippen LogP) is 5.42. The van der Waals surface area contributed by atoms with Gasteiger partial charge in [-0.05, 0) is 69.6 Å². The molecule has 0 aromatic heterocycles. The Labute approximate surface area is 137 Å². The summed E-state index contributed by atoms with van der Waals surface area (Å²) >= 11 is 0. The van der Waals surface area contributed by atoms with E-state index in [9.17, 15) is 5.11 Å². The second-order valence-corrected chi connectivity index (χ2v) is 6.57. The number of aliphatic hydroxyl groups excluding tert-OH is 1. The molecule has 1 aliphatic carbocycles. The molecule has 23 heavy (non-hydrogen) atoms. The predicted molar refractivity (Wildman–Crippen MR) is 96.7 cm³/mol. The Morgan fingerprint density at radius 2 is 1.57 bits per heavy atom. The number of hydrogen-bond acceptors (Lipinski definition) is 1. The van der Waals surface area contributed by atoms with Crippen molar-refractivity contribution in [3.8, 4) is 11.1 Å². The van der Waals surface area contributed by atoms with Gasteiger partial charge in [0, 0.05) is 5.41 Å². The van der Waals surface area contributed by atoms with E-state index in [0.717, 1.165) is 18.4 Å². The molecule has 0 heterocycles. The van der Waals surface area contributed by atoms with Crippen LogP contribution in [0.5, 0.6) is 0 Å². The van der Waals surface area contributed by atoms with Gasteiger partial charge < -0.3 is 5.11 Å². The molecule has 0 saturated carbocycles. The monoisotopic (exact) mass is 302 g/mol. The molecule has 1 heteroatoms. The molecular formula is C22H22O. The highest BCUT2D eigenvalue weighted by molar-refractivity contribution is 5.93. The number of benzene rings is 3. The van der Waals surface area contributed by atoms with Crippen LogP contribution in [-0.4, -0.2) is 5.11 Å². The lowest BCUT2D eigenvalue weighted by Crippen LogP contribution is -2.22. The van der Waals surface area contributed by atoms with E-state index >= 15 is 0 Å². The van der Waals surface area contributed by atoms with Crippen LogP contribution in [0.3, 0.4) is 0 Å². The molecule has 3 aromatic carbocycles. The summed E-state index contributed by atoms with van der Waals surface area (Å²) in [4.78, 5) is 0. The van der Waals surface area contributed by atoms with E-state index in [1.54, 1.807) is 0 Å². The van der Waals surface area contributed by atoms with Crippen LogP contribution in [0.15, 0.2) is 54.6 Å². The lowest BCUT2D eigenvalue weighted by atomic mass is 9.73. The van der Waals surface area contributed by atoms with Crippen LogP contribution in [0.2, 0.25) is 0 Å². The molecule has 0 fully saturated rings. The summed E-state index contributed by atoms with van der Waals surface area (Å²) in [5, 5.41) is 11.9. The maximum absolute atomic E-state index is 9.43. The quantitative estimate of drug-likeness (QED) is 0.685. The zero-order valence-electron chi connectivity index (χ0n) is 13.8. The van der Waals surface area contributed by atoms with Crippen LogP contribution < -0.4 is 0 Å². The summed E-state index contributed by atoms with van der Waals surface area (Å²) < 4.78 is 0. The van der Waals surface area contributed by atoms with Gasteiger partial charge in [-0.2, -0.15) is 0 Å². The molecule has 0 radical (unpaired) electrons. The van der Waals surface area contributed by atoms with Crippen molar-refractivity contribution < 1.29 is 5.11 Å². The van der Waals surface area contributed by atoms with Crippen molar-refractivity contribution >= 4 is 10.8 Å². The molecule has 0 atom stereocenters. The molecule has 1 N–H and O–H groups in total. The van der Waals surface area contributed by atoms with Gasteiger partial charge in [-0.1, -0.05) is 50.2 Å². The number of rotatable bonds is 3. The first-order chi connectivity index (χ1) is 11.2. The smallest absolute Gasteiger partial charge is 0.0682 e.